The van der Waals surface area contributed by atoms with Crippen molar-refractivity contribution >= 4 is 45.7 Å². The number of halogens is 1. The fourth-order valence-corrected chi connectivity index (χ4v) is 4.01. The van der Waals surface area contributed by atoms with E-state index in [4.69, 9.17) is 0 Å². The number of hydrogen-bond acceptors (Lipinski definition) is 4. The lowest BCUT2D eigenvalue weighted by molar-refractivity contribution is -0.385. The van der Waals surface area contributed by atoms with E-state index in [1.54, 1.807) is 6.07 Å². The molecule has 1 saturated carbocycles. The summed E-state index contributed by atoms with van der Waals surface area (Å²) in [5.74, 6) is 0. The van der Waals surface area contributed by atoms with Gasteiger partial charge in [0.2, 0.25) is 0 Å². The number of nitrogens with one attached hydrogen (secondary N) is 1. The Morgan fingerprint density at radius 3 is 2.89 bits per heavy atom. The summed E-state index contributed by atoms with van der Waals surface area (Å²) in [5, 5.41) is 15.0. The van der Waals surface area contributed by atoms with Gasteiger partial charge in [-0.1, -0.05) is 6.42 Å². The second-order valence-electron chi connectivity index (χ2n) is 4.79. The molecule has 1 aliphatic rings. The third kappa shape index (κ3) is 3.98. The summed E-state index contributed by atoms with van der Waals surface area (Å²) in [5.41, 5.74) is 1.17. The van der Waals surface area contributed by atoms with Crippen LogP contribution < -0.4 is 5.32 Å². The average molecular weight is 392 g/mol. The molecule has 0 heterocycles. The van der Waals surface area contributed by atoms with E-state index in [2.05, 4.69) is 11.6 Å². The normalized spacial score (nSPS) is 23.1. The first-order chi connectivity index (χ1) is 9.10. The van der Waals surface area contributed by atoms with E-state index in [-0.39, 0.29) is 10.6 Å². The molecule has 1 aromatic rings. The first-order valence-corrected chi connectivity index (χ1v) is 8.70. The topological polar surface area (TPSA) is 55.2 Å². The molecule has 0 saturated heterocycles. The summed E-state index contributed by atoms with van der Waals surface area (Å²) < 4.78 is 0.685. The Morgan fingerprint density at radius 2 is 2.26 bits per heavy atom. The number of rotatable bonds is 4. The molecule has 19 heavy (non-hydrogen) atoms. The molecule has 4 nitrogen and oxygen atoms in total. The van der Waals surface area contributed by atoms with Crippen LogP contribution in [0.4, 0.5) is 11.4 Å². The number of hydrogen-bond donors (Lipinski definition) is 1. The minimum Gasteiger partial charge on any atom is -0.382 e. The van der Waals surface area contributed by atoms with Gasteiger partial charge in [-0.15, -0.1) is 0 Å². The van der Waals surface area contributed by atoms with Crippen LogP contribution in [0.15, 0.2) is 18.2 Å². The predicted molar refractivity (Wildman–Crippen MR) is 89.0 cm³/mol. The maximum absolute atomic E-state index is 10.8. The molecule has 0 bridgehead atoms. The van der Waals surface area contributed by atoms with Crippen molar-refractivity contribution in [1.82, 2.24) is 0 Å². The van der Waals surface area contributed by atoms with Crippen molar-refractivity contribution in [3.8, 4) is 0 Å². The minimum absolute atomic E-state index is 0.178. The Labute approximate surface area is 131 Å². The molecule has 6 heteroatoms. The van der Waals surface area contributed by atoms with E-state index in [1.807, 2.05) is 46.5 Å². The number of nitro groups is 1. The van der Waals surface area contributed by atoms with Crippen LogP contribution in [-0.2, 0) is 0 Å². The lowest BCUT2D eigenvalue weighted by Crippen LogP contribution is -2.28. The first kappa shape index (κ1) is 14.9. The standard InChI is InChI=1S/C13H17IN2O2S/c1-19-11-4-2-3-9(7-11)15-10-5-6-13(16(17)18)12(14)8-10/h5-6,8-9,11,15H,2-4,7H2,1H3. The highest BCUT2D eigenvalue weighted by Gasteiger charge is 2.21. The number of anilines is 1. The molecule has 1 aliphatic carbocycles. The molecule has 0 radical (unpaired) electrons. The largest absolute Gasteiger partial charge is 0.382 e. The fourth-order valence-electron chi connectivity index (χ4n) is 2.47. The van der Waals surface area contributed by atoms with Gasteiger partial charge in [0.25, 0.3) is 5.69 Å². The second kappa shape index (κ2) is 6.78. The van der Waals surface area contributed by atoms with E-state index in [0.717, 1.165) is 10.9 Å². The van der Waals surface area contributed by atoms with Crippen molar-refractivity contribution < 1.29 is 4.92 Å². The summed E-state index contributed by atoms with van der Waals surface area (Å²) in [6, 6.07) is 5.74. The Kier molecular flexibility index (Phi) is 5.32. The molecule has 2 unspecified atom stereocenters. The van der Waals surface area contributed by atoms with Gasteiger partial charge in [0, 0.05) is 23.0 Å². The van der Waals surface area contributed by atoms with Gasteiger partial charge < -0.3 is 5.32 Å². The van der Waals surface area contributed by atoms with Crippen LogP contribution in [-0.4, -0.2) is 22.5 Å². The molecular formula is C13H17IN2O2S. The van der Waals surface area contributed by atoms with Crippen LogP contribution in [0.3, 0.4) is 0 Å². The molecule has 0 aliphatic heterocycles. The third-order valence-electron chi connectivity index (χ3n) is 3.47. The molecule has 0 aromatic heterocycles. The first-order valence-electron chi connectivity index (χ1n) is 6.33. The van der Waals surface area contributed by atoms with E-state index >= 15 is 0 Å². The molecule has 2 rings (SSSR count). The molecule has 0 spiro atoms. The molecular weight excluding hydrogens is 375 g/mol. The highest BCUT2D eigenvalue weighted by molar-refractivity contribution is 14.1. The van der Waals surface area contributed by atoms with Crippen molar-refractivity contribution in [2.45, 2.75) is 37.0 Å². The zero-order valence-electron chi connectivity index (χ0n) is 10.8. The number of benzene rings is 1. The number of thioether (sulfide) groups is 1. The van der Waals surface area contributed by atoms with Crippen molar-refractivity contribution in [3.05, 3.63) is 31.9 Å². The highest BCUT2D eigenvalue weighted by atomic mass is 127. The Hall–Kier alpha value is -0.500. The van der Waals surface area contributed by atoms with Crippen molar-refractivity contribution in [2.24, 2.45) is 0 Å². The molecule has 104 valence electrons. The van der Waals surface area contributed by atoms with Crippen LogP contribution in [0.25, 0.3) is 0 Å². The Balaban J connectivity index is 2.03. The van der Waals surface area contributed by atoms with Gasteiger partial charge in [-0.05, 0) is 60.2 Å². The molecule has 2 atom stereocenters. The monoisotopic (exact) mass is 392 g/mol. The van der Waals surface area contributed by atoms with Crippen LogP contribution in [0.2, 0.25) is 0 Å². The van der Waals surface area contributed by atoms with Crippen molar-refractivity contribution in [2.75, 3.05) is 11.6 Å². The van der Waals surface area contributed by atoms with E-state index < -0.39 is 0 Å². The van der Waals surface area contributed by atoms with Gasteiger partial charge in [0.1, 0.15) is 0 Å². The van der Waals surface area contributed by atoms with Gasteiger partial charge in [0.15, 0.2) is 0 Å². The van der Waals surface area contributed by atoms with Crippen LogP contribution in [0, 0.1) is 13.7 Å². The maximum Gasteiger partial charge on any atom is 0.282 e. The zero-order chi connectivity index (χ0) is 13.8. The third-order valence-corrected chi connectivity index (χ3v) is 5.43. The van der Waals surface area contributed by atoms with Gasteiger partial charge in [-0.3, -0.25) is 10.1 Å². The van der Waals surface area contributed by atoms with E-state index in [1.165, 1.54) is 25.7 Å². The highest BCUT2D eigenvalue weighted by Crippen LogP contribution is 2.30. The predicted octanol–water partition coefficient (Wildman–Crippen LogP) is 4.29. The van der Waals surface area contributed by atoms with Gasteiger partial charge in [-0.25, -0.2) is 0 Å². The summed E-state index contributed by atoms with van der Waals surface area (Å²) >= 11 is 3.96. The van der Waals surface area contributed by atoms with Crippen molar-refractivity contribution in [1.29, 1.82) is 0 Å². The summed E-state index contributed by atoms with van der Waals surface area (Å²) in [7, 11) is 0. The summed E-state index contributed by atoms with van der Waals surface area (Å²) in [4.78, 5) is 10.4. The molecule has 1 aromatic carbocycles. The van der Waals surface area contributed by atoms with E-state index in [9.17, 15) is 10.1 Å². The maximum atomic E-state index is 10.8. The molecule has 0 amide bonds. The van der Waals surface area contributed by atoms with Gasteiger partial charge in [-0.2, -0.15) is 11.8 Å². The molecule has 1 fully saturated rings. The summed E-state index contributed by atoms with van der Waals surface area (Å²) in [6.45, 7) is 0. The lowest BCUT2D eigenvalue weighted by Gasteiger charge is -2.29. The van der Waals surface area contributed by atoms with Crippen LogP contribution in [0.5, 0.6) is 0 Å². The van der Waals surface area contributed by atoms with Crippen LogP contribution in [0.1, 0.15) is 25.7 Å². The number of nitrogens with zero attached hydrogens (tertiary/aromatic N) is 1. The Bertz CT molecular complexity index is 470. The van der Waals surface area contributed by atoms with Gasteiger partial charge in [0.05, 0.1) is 8.49 Å². The lowest BCUT2D eigenvalue weighted by atomic mass is 9.95. The van der Waals surface area contributed by atoms with Crippen molar-refractivity contribution in [3.63, 3.8) is 0 Å². The average Bonchev–Trinajstić information content (AvgIpc) is 2.38. The molecule has 1 N–H and O–H groups in total. The van der Waals surface area contributed by atoms with Crippen LogP contribution >= 0.6 is 34.4 Å². The smallest absolute Gasteiger partial charge is 0.282 e. The fraction of sp³-hybridized carbons (Fsp3) is 0.538. The summed E-state index contributed by atoms with van der Waals surface area (Å²) in [6.07, 6.45) is 7.09. The minimum atomic E-state index is -0.337. The Morgan fingerprint density at radius 1 is 1.47 bits per heavy atom. The van der Waals surface area contributed by atoms with E-state index in [0.29, 0.717) is 9.61 Å². The SMILES string of the molecule is CSC1CCCC(Nc2ccc([N+](=O)[O-])c(I)c2)C1. The quantitative estimate of drug-likeness (QED) is 0.472. The number of nitro benzene ring substituents is 1. The zero-order valence-corrected chi connectivity index (χ0v) is 13.7. The second-order valence-corrected chi connectivity index (χ2v) is 7.09. The van der Waals surface area contributed by atoms with Gasteiger partial charge >= 0.3 is 0 Å².